The Bertz CT molecular complexity index is 223. The summed E-state index contributed by atoms with van der Waals surface area (Å²) >= 11 is 4.68. The average Bonchev–Trinajstić information content (AvgIpc) is 2.07. The third-order valence-electron chi connectivity index (χ3n) is 1.61. The van der Waals surface area contributed by atoms with Crippen molar-refractivity contribution in [3.05, 3.63) is 35.4 Å². The minimum absolute atomic E-state index is 1.000. The van der Waals surface area contributed by atoms with E-state index in [0.29, 0.717) is 0 Å². The van der Waals surface area contributed by atoms with Crippen LogP contribution in [0.25, 0.3) is 0 Å². The van der Waals surface area contributed by atoms with Crippen molar-refractivity contribution in [3.63, 3.8) is 0 Å². The second kappa shape index (κ2) is 4.24. The Morgan fingerprint density at radius 2 is 1.91 bits per heavy atom. The fourth-order valence-corrected chi connectivity index (χ4v) is 1.16. The summed E-state index contributed by atoms with van der Waals surface area (Å²) < 4.78 is 0. The molecule has 0 heterocycles. The molecule has 1 heteroatoms. The second-order valence-electron chi connectivity index (χ2n) is 2.55. The first-order chi connectivity index (χ1) is 5.36. The molecule has 1 radical (unpaired) electrons. The quantitative estimate of drug-likeness (QED) is 0.617. The monoisotopic (exact) mass is 163 g/mol. The third kappa shape index (κ3) is 2.43. The molecule has 0 fully saturated rings. The Hall–Kier alpha value is -0.690. The fourth-order valence-electron chi connectivity index (χ4n) is 1.03. The molecule has 0 spiro atoms. The summed E-state index contributed by atoms with van der Waals surface area (Å²) in [6.45, 7) is 2.18. The van der Waals surface area contributed by atoms with Crippen LogP contribution in [0.5, 0.6) is 0 Å². The number of rotatable bonds is 3. The van der Waals surface area contributed by atoms with E-state index in [1.165, 1.54) is 12.0 Å². The van der Waals surface area contributed by atoms with Gasteiger partial charge in [-0.2, -0.15) is 0 Å². The molecule has 0 saturated carbocycles. The Kier molecular flexibility index (Phi) is 3.24. The number of benzene rings is 1. The molecule has 11 heavy (non-hydrogen) atoms. The molecule has 0 bridgehead atoms. The van der Waals surface area contributed by atoms with Gasteiger partial charge in [-0.1, -0.05) is 49.8 Å². The van der Waals surface area contributed by atoms with Crippen LogP contribution < -0.4 is 0 Å². The Balaban J connectivity index is 2.74. The number of thiocarbonyl (C=S) groups is 1. The Morgan fingerprint density at radius 3 is 2.36 bits per heavy atom. The van der Waals surface area contributed by atoms with Crippen LogP contribution in [0.1, 0.15) is 24.5 Å². The zero-order valence-electron chi connectivity index (χ0n) is 6.63. The van der Waals surface area contributed by atoms with Crippen LogP contribution >= 0.6 is 12.2 Å². The Labute approximate surface area is 73.2 Å². The molecule has 1 aromatic rings. The zero-order valence-corrected chi connectivity index (χ0v) is 7.45. The fraction of sp³-hybridized carbons (Fsp3) is 0.300. The molecule has 0 aliphatic carbocycles. The molecule has 0 nitrogen and oxygen atoms in total. The summed E-state index contributed by atoms with van der Waals surface area (Å²) in [5.41, 5.74) is 2.38. The van der Waals surface area contributed by atoms with E-state index in [1.807, 2.05) is 12.1 Å². The predicted octanol–water partition coefficient (Wildman–Crippen LogP) is 2.86. The van der Waals surface area contributed by atoms with E-state index < -0.39 is 0 Å². The number of aryl methyl sites for hydroxylation is 1. The molecule has 57 valence electrons. The van der Waals surface area contributed by atoms with Gasteiger partial charge in [-0.05, 0) is 17.5 Å². The predicted molar refractivity (Wildman–Crippen MR) is 52.1 cm³/mol. The SMILES string of the molecule is CCCc1ccc([C]=S)cc1. The minimum atomic E-state index is 1.000. The van der Waals surface area contributed by atoms with Crippen molar-refractivity contribution in [3.8, 4) is 0 Å². The van der Waals surface area contributed by atoms with Crippen LogP contribution in [-0.2, 0) is 6.42 Å². The smallest absolute Gasteiger partial charge is 0.0636 e. The van der Waals surface area contributed by atoms with Gasteiger partial charge in [-0.3, -0.25) is 0 Å². The van der Waals surface area contributed by atoms with E-state index in [1.54, 1.807) is 0 Å². The van der Waals surface area contributed by atoms with Gasteiger partial charge in [0.2, 0.25) is 0 Å². The molecule has 1 rings (SSSR count). The summed E-state index contributed by atoms with van der Waals surface area (Å²) in [4.78, 5) is 0. The normalized spacial score (nSPS) is 9.55. The van der Waals surface area contributed by atoms with E-state index in [0.717, 1.165) is 12.0 Å². The standard InChI is InChI=1S/C10H11S/c1-2-3-9-4-6-10(8-11)7-5-9/h4-7H,2-3H2,1H3. The van der Waals surface area contributed by atoms with Crippen molar-refractivity contribution < 1.29 is 0 Å². The molecule has 0 N–H and O–H groups in total. The van der Waals surface area contributed by atoms with Crippen molar-refractivity contribution in [1.29, 1.82) is 0 Å². The van der Waals surface area contributed by atoms with Crippen LogP contribution in [-0.4, -0.2) is 5.37 Å². The van der Waals surface area contributed by atoms with Crippen LogP contribution in [0.2, 0.25) is 0 Å². The molecule has 0 unspecified atom stereocenters. The molecule has 0 saturated heterocycles. The van der Waals surface area contributed by atoms with Crippen molar-refractivity contribution in [2.75, 3.05) is 0 Å². The number of hydrogen-bond acceptors (Lipinski definition) is 1. The highest BCUT2D eigenvalue weighted by atomic mass is 32.1. The molecule has 0 amide bonds. The lowest BCUT2D eigenvalue weighted by atomic mass is 10.1. The summed E-state index contributed by atoms with van der Waals surface area (Å²) in [5.74, 6) is 0. The maximum Gasteiger partial charge on any atom is 0.0636 e. The Morgan fingerprint density at radius 1 is 1.27 bits per heavy atom. The van der Waals surface area contributed by atoms with E-state index in [4.69, 9.17) is 0 Å². The van der Waals surface area contributed by atoms with Gasteiger partial charge in [0.1, 0.15) is 0 Å². The van der Waals surface area contributed by atoms with Crippen LogP contribution in [0, 0.1) is 0 Å². The summed E-state index contributed by atoms with van der Waals surface area (Å²) in [6.07, 6.45) is 2.35. The van der Waals surface area contributed by atoms with Gasteiger partial charge in [0.05, 0.1) is 5.37 Å². The lowest BCUT2D eigenvalue weighted by molar-refractivity contribution is 0.922. The van der Waals surface area contributed by atoms with Crippen LogP contribution in [0.3, 0.4) is 0 Å². The molecule has 0 aromatic heterocycles. The van der Waals surface area contributed by atoms with Crippen LogP contribution in [0.4, 0.5) is 0 Å². The van der Waals surface area contributed by atoms with Gasteiger partial charge >= 0.3 is 0 Å². The first-order valence-electron chi connectivity index (χ1n) is 3.84. The van der Waals surface area contributed by atoms with E-state index in [2.05, 4.69) is 36.6 Å². The van der Waals surface area contributed by atoms with E-state index >= 15 is 0 Å². The van der Waals surface area contributed by atoms with Crippen molar-refractivity contribution in [2.45, 2.75) is 19.8 Å². The van der Waals surface area contributed by atoms with Crippen LogP contribution in [0.15, 0.2) is 24.3 Å². The first kappa shape index (κ1) is 8.41. The molecule has 0 aliphatic rings. The van der Waals surface area contributed by atoms with Gasteiger partial charge in [-0.25, -0.2) is 0 Å². The average molecular weight is 163 g/mol. The maximum atomic E-state index is 4.68. The van der Waals surface area contributed by atoms with Gasteiger partial charge in [0.15, 0.2) is 0 Å². The van der Waals surface area contributed by atoms with Crippen molar-refractivity contribution >= 4 is 17.6 Å². The molecule has 0 aliphatic heterocycles. The lowest BCUT2D eigenvalue weighted by Crippen LogP contribution is -1.83. The van der Waals surface area contributed by atoms with Crippen molar-refractivity contribution in [2.24, 2.45) is 0 Å². The molecule has 0 atom stereocenters. The third-order valence-corrected chi connectivity index (χ3v) is 1.85. The van der Waals surface area contributed by atoms with Gasteiger partial charge in [0, 0.05) is 0 Å². The minimum Gasteiger partial charge on any atom is -0.0778 e. The first-order valence-corrected chi connectivity index (χ1v) is 4.24. The summed E-state index contributed by atoms with van der Waals surface area (Å²) in [6, 6.07) is 8.24. The van der Waals surface area contributed by atoms with Gasteiger partial charge in [-0.15, -0.1) is 0 Å². The highest BCUT2D eigenvalue weighted by Crippen LogP contribution is 2.04. The topological polar surface area (TPSA) is 0 Å². The van der Waals surface area contributed by atoms with E-state index in [9.17, 15) is 0 Å². The lowest BCUT2D eigenvalue weighted by Gasteiger charge is -1.97. The zero-order chi connectivity index (χ0) is 8.10. The molecule has 1 aromatic carbocycles. The second-order valence-corrected chi connectivity index (χ2v) is 2.75. The highest BCUT2D eigenvalue weighted by Gasteiger charge is 1.90. The van der Waals surface area contributed by atoms with Gasteiger partial charge in [0.25, 0.3) is 0 Å². The highest BCUT2D eigenvalue weighted by molar-refractivity contribution is 7.79. The van der Waals surface area contributed by atoms with Crippen molar-refractivity contribution in [1.82, 2.24) is 0 Å². The maximum absolute atomic E-state index is 4.68. The van der Waals surface area contributed by atoms with Gasteiger partial charge < -0.3 is 0 Å². The molecular formula is C10H11S. The summed E-state index contributed by atoms with van der Waals surface area (Å²) in [5, 5.41) is 2.68. The largest absolute Gasteiger partial charge is 0.0778 e. The molecular weight excluding hydrogens is 152 g/mol. The number of hydrogen-bond donors (Lipinski definition) is 0. The summed E-state index contributed by atoms with van der Waals surface area (Å²) in [7, 11) is 0. The van der Waals surface area contributed by atoms with E-state index in [-0.39, 0.29) is 0 Å².